The number of rotatable bonds is 3. The molecule has 9 heteroatoms. The van der Waals surface area contributed by atoms with Crippen LogP contribution in [0.15, 0.2) is 18.2 Å². The minimum Gasteiger partial charge on any atom is -0.481 e. The van der Waals surface area contributed by atoms with E-state index < -0.39 is 29.8 Å². The molecule has 2 saturated heterocycles. The van der Waals surface area contributed by atoms with Crippen LogP contribution in [-0.4, -0.2) is 53.6 Å². The van der Waals surface area contributed by atoms with E-state index in [-0.39, 0.29) is 17.5 Å². The van der Waals surface area contributed by atoms with Crippen molar-refractivity contribution >= 4 is 35.2 Å². The fourth-order valence-corrected chi connectivity index (χ4v) is 3.28. The Kier molecular flexibility index (Phi) is 4.80. The van der Waals surface area contributed by atoms with Gasteiger partial charge in [-0.05, 0) is 31.0 Å². The summed E-state index contributed by atoms with van der Waals surface area (Å²) in [5.74, 6) is -2.36. The second-order valence-electron chi connectivity index (χ2n) is 6.15. The van der Waals surface area contributed by atoms with E-state index in [1.807, 2.05) is 0 Å². The molecule has 0 aromatic heterocycles. The number of carboxylic acid groups (broad SMARTS) is 1. The number of likely N-dealkylation sites (tertiary alicyclic amines) is 1. The lowest BCUT2D eigenvalue weighted by atomic mass is 10.1. The summed E-state index contributed by atoms with van der Waals surface area (Å²) in [7, 11) is 0. The minimum absolute atomic E-state index is 0.0745. The normalized spacial score (nSPS) is 23.2. The Morgan fingerprint density at radius 1 is 1.28 bits per heavy atom. The maximum Gasteiger partial charge on any atom is 0.318 e. The van der Waals surface area contributed by atoms with Gasteiger partial charge in [-0.15, -0.1) is 0 Å². The highest BCUT2D eigenvalue weighted by Gasteiger charge is 2.37. The van der Waals surface area contributed by atoms with E-state index in [0.29, 0.717) is 31.6 Å². The number of aliphatic carboxylic acids is 1. The van der Waals surface area contributed by atoms with Crippen LogP contribution < -0.4 is 10.2 Å². The standard InChI is InChI=1S/C16H17ClFN3O4/c17-11-7-10(1-2-12(11)18)21-6-4-13(14(21)22)19-16(25)20-5-3-9(8-20)15(23)24/h1-2,7,9,13H,3-6,8H2,(H,19,25)(H,23,24). The molecule has 25 heavy (non-hydrogen) atoms. The number of hydrogen-bond acceptors (Lipinski definition) is 3. The van der Waals surface area contributed by atoms with E-state index in [1.54, 1.807) is 0 Å². The van der Waals surface area contributed by atoms with Gasteiger partial charge in [0.2, 0.25) is 5.91 Å². The number of carbonyl (C=O) groups excluding carboxylic acids is 2. The van der Waals surface area contributed by atoms with Crippen molar-refractivity contribution in [2.45, 2.75) is 18.9 Å². The van der Waals surface area contributed by atoms with Crippen LogP contribution in [-0.2, 0) is 9.59 Å². The number of nitrogens with one attached hydrogen (secondary N) is 1. The fourth-order valence-electron chi connectivity index (χ4n) is 3.11. The molecule has 7 nitrogen and oxygen atoms in total. The third kappa shape index (κ3) is 3.53. The van der Waals surface area contributed by atoms with Gasteiger partial charge in [-0.25, -0.2) is 9.18 Å². The van der Waals surface area contributed by atoms with Crippen molar-refractivity contribution in [3.05, 3.63) is 29.0 Å². The van der Waals surface area contributed by atoms with Crippen LogP contribution in [0.4, 0.5) is 14.9 Å². The molecule has 0 bridgehead atoms. The first-order chi connectivity index (χ1) is 11.9. The number of carboxylic acids is 1. The molecule has 1 aromatic rings. The smallest absolute Gasteiger partial charge is 0.318 e. The number of anilines is 1. The molecule has 134 valence electrons. The van der Waals surface area contributed by atoms with E-state index in [9.17, 15) is 18.8 Å². The predicted molar refractivity (Wildman–Crippen MR) is 88.0 cm³/mol. The summed E-state index contributed by atoms with van der Waals surface area (Å²) in [6, 6.07) is 2.88. The van der Waals surface area contributed by atoms with Gasteiger partial charge < -0.3 is 20.2 Å². The molecular weight excluding hydrogens is 353 g/mol. The van der Waals surface area contributed by atoms with E-state index in [1.165, 1.54) is 28.0 Å². The van der Waals surface area contributed by atoms with Crippen molar-refractivity contribution < 1.29 is 23.9 Å². The Labute approximate surface area is 148 Å². The first kappa shape index (κ1) is 17.5. The van der Waals surface area contributed by atoms with Crippen LogP contribution >= 0.6 is 11.6 Å². The van der Waals surface area contributed by atoms with Crippen LogP contribution in [0.2, 0.25) is 5.02 Å². The largest absolute Gasteiger partial charge is 0.481 e. The van der Waals surface area contributed by atoms with Gasteiger partial charge in [0.25, 0.3) is 0 Å². The molecule has 0 saturated carbocycles. The number of halogens is 2. The molecule has 2 aliphatic rings. The molecule has 2 unspecified atom stereocenters. The summed E-state index contributed by atoms with van der Waals surface area (Å²) in [5.41, 5.74) is 0.472. The maximum atomic E-state index is 13.3. The third-order valence-corrected chi connectivity index (χ3v) is 4.83. The SMILES string of the molecule is O=C(O)C1CCN(C(=O)NC2CCN(c3ccc(F)c(Cl)c3)C2=O)C1. The topological polar surface area (TPSA) is 89.9 Å². The lowest BCUT2D eigenvalue weighted by molar-refractivity contribution is -0.141. The molecule has 0 spiro atoms. The second-order valence-corrected chi connectivity index (χ2v) is 6.56. The van der Waals surface area contributed by atoms with Gasteiger partial charge in [-0.3, -0.25) is 9.59 Å². The first-order valence-corrected chi connectivity index (χ1v) is 8.29. The van der Waals surface area contributed by atoms with Crippen LogP contribution in [0.5, 0.6) is 0 Å². The van der Waals surface area contributed by atoms with Crippen LogP contribution in [0, 0.1) is 11.7 Å². The van der Waals surface area contributed by atoms with Gasteiger partial charge in [-0.1, -0.05) is 11.6 Å². The van der Waals surface area contributed by atoms with Crippen molar-refractivity contribution in [3.8, 4) is 0 Å². The molecule has 2 heterocycles. The van der Waals surface area contributed by atoms with Crippen molar-refractivity contribution in [2.75, 3.05) is 24.5 Å². The number of benzene rings is 1. The van der Waals surface area contributed by atoms with E-state index in [0.717, 1.165) is 0 Å². The zero-order chi connectivity index (χ0) is 18.1. The Morgan fingerprint density at radius 2 is 2.04 bits per heavy atom. The minimum atomic E-state index is -0.924. The van der Waals surface area contributed by atoms with Crippen molar-refractivity contribution in [2.24, 2.45) is 5.92 Å². The monoisotopic (exact) mass is 369 g/mol. The molecule has 3 amide bonds. The van der Waals surface area contributed by atoms with Crippen LogP contribution in [0.3, 0.4) is 0 Å². The summed E-state index contributed by atoms with van der Waals surface area (Å²) in [6.07, 6.45) is 0.817. The fraction of sp³-hybridized carbons (Fsp3) is 0.438. The molecule has 2 aliphatic heterocycles. The first-order valence-electron chi connectivity index (χ1n) is 7.91. The molecular formula is C16H17ClFN3O4. The van der Waals surface area contributed by atoms with Gasteiger partial charge in [0.05, 0.1) is 10.9 Å². The van der Waals surface area contributed by atoms with Gasteiger partial charge >= 0.3 is 12.0 Å². The number of carbonyl (C=O) groups is 3. The Morgan fingerprint density at radius 3 is 2.68 bits per heavy atom. The lowest BCUT2D eigenvalue weighted by Gasteiger charge is -2.21. The molecule has 0 radical (unpaired) electrons. The van der Waals surface area contributed by atoms with Gasteiger partial charge in [0.1, 0.15) is 11.9 Å². The second kappa shape index (κ2) is 6.87. The van der Waals surface area contributed by atoms with E-state index >= 15 is 0 Å². The number of hydrogen-bond donors (Lipinski definition) is 2. The Hall–Kier alpha value is -2.35. The highest BCUT2D eigenvalue weighted by molar-refractivity contribution is 6.31. The summed E-state index contributed by atoms with van der Waals surface area (Å²) in [5, 5.41) is 11.6. The third-order valence-electron chi connectivity index (χ3n) is 4.54. The summed E-state index contributed by atoms with van der Waals surface area (Å²) < 4.78 is 13.3. The van der Waals surface area contributed by atoms with Crippen molar-refractivity contribution in [1.29, 1.82) is 0 Å². The van der Waals surface area contributed by atoms with Crippen molar-refractivity contribution in [1.82, 2.24) is 10.2 Å². The van der Waals surface area contributed by atoms with Crippen LogP contribution in [0.25, 0.3) is 0 Å². The number of urea groups is 1. The Bertz CT molecular complexity index is 729. The summed E-state index contributed by atoms with van der Waals surface area (Å²) in [6.45, 7) is 0.865. The molecule has 2 atom stereocenters. The van der Waals surface area contributed by atoms with E-state index in [2.05, 4.69) is 5.32 Å². The average molecular weight is 370 g/mol. The average Bonchev–Trinajstić information content (AvgIpc) is 3.19. The summed E-state index contributed by atoms with van der Waals surface area (Å²) >= 11 is 5.75. The quantitative estimate of drug-likeness (QED) is 0.848. The molecule has 2 N–H and O–H groups in total. The van der Waals surface area contributed by atoms with Crippen LogP contribution in [0.1, 0.15) is 12.8 Å². The molecule has 2 fully saturated rings. The van der Waals surface area contributed by atoms with Crippen molar-refractivity contribution in [3.63, 3.8) is 0 Å². The van der Waals surface area contributed by atoms with Gasteiger partial charge in [0, 0.05) is 25.3 Å². The predicted octanol–water partition coefficient (Wildman–Crippen LogP) is 1.70. The zero-order valence-electron chi connectivity index (χ0n) is 13.2. The van der Waals surface area contributed by atoms with Gasteiger partial charge in [-0.2, -0.15) is 0 Å². The zero-order valence-corrected chi connectivity index (χ0v) is 14.0. The number of nitrogens with zero attached hydrogens (tertiary/aromatic N) is 2. The summed E-state index contributed by atoms with van der Waals surface area (Å²) in [4.78, 5) is 38.5. The van der Waals surface area contributed by atoms with E-state index in [4.69, 9.17) is 16.7 Å². The number of amides is 3. The Balaban J connectivity index is 1.61. The molecule has 3 rings (SSSR count). The maximum absolute atomic E-state index is 13.3. The van der Waals surface area contributed by atoms with Gasteiger partial charge in [0.15, 0.2) is 0 Å². The molecule has 0 aliphatic carbocycles. The molecule has 1 aromatic carbocycles. The highest BCUT2D eigenvalue weighted by atomic mass is 35.5. The highest BCUT2D eigenvalue weighted by Crippen LogP contribution is 2.26. The lowest BCUT2D eigenvalue weighted by Crippen LogP contribution is -2.47.